The number of carbonyl (C=O) groups excluding carboxylic acids is 7. The third-order valence-electron chi connectivity index (χ3n) is 14.3. The van der Waals surface area contributed by atoms with Crippen molar-refractivity contribution in [3.05, 3.63) is 194 Å². The molecule has 8 heterocycles. The topological polar surface area (TPSA) is 357 Å². The van der Waals surface area contributed by atoms with Gasteiger partial charge in [-0.05, 0) is 241 Å². The number of nitrogen functional groups attached to an aromatic ring is 2. The first-order chi connectivity index (χ1) is 53.9. The number of carbonyl (C=O) groups is 6. The summed E-state index contributed by atoms with van der Waals surface area (Å²) in [5, 5.41) is 16.7. The Labute approximate surface area is 740 Å². The van der Waals surface area contributed by atoms with Gasteiger partial charge in [0.1, 0.15) is 17.5 Å². The van der Waals surface area contributed by atoms with Crippen LogP contribution in [0.5, 0.6) is 0 Å². The van der Waals surface area contributed by atoms with Gasteiger partial charge in [0.2, 0.25) is 12.3 Å². The Kier molecular flexibility index (Phi) is 66.8. The van der Waals surface area contributed by atoms with Crippen molar-refractivity contribution in [1.29, 1.82) is 0 Å². The Hall–Kier alpha value is -7.45. The van der Waals surface area contributed by atoms with Gasteiger partial charge in [-0.2, -0.15) is 33.6 Å². The van der Waals surface area contributed by atoms with Crippen LogP contribution in [0.4, 0.5) is 28.9 Å². The van der Waals surface area contributed by atoms with E-state index in [9.17, 15) is 54.7 Å². The van der Waals surface area contributed by atoms with Gasteiger partial charge in [0.15, 0.2) is 16.1 Å². The number of fused-ring (bicyclic) bond motifs is 2. The van der Waals surface area contributed by atoms with Crippen molar-refractivity contribution in [2.24, 2.45) is 5.84 Å². The monoisotopic (exact) mass is 1920 g/mol. The molecule has 3 aliphatic heterocycles. The Morgan fingerprint density at radius 3 is 1.37 bits per heavy atom. The molecule has 0 bridgehead atoms. The third-order valence-corrected chi connectivity index (χ3v) is 17.9. The summed E-state index contributed by atoms with van der Waals surface area (Å²) in [6, 6.07) is 22.4. The number of aromatic nitrogens is 7. The Morgan fingerprint density at radius 2 is 1.09 bits per heavy atom. The molecular formula is C77H100Br3Cl4F4MgN13O13S. The predicted molar refractivity (Wildman–Crippen MR) is 457 cm³/mol. The molecule has 12 rings (SSSR count). The quantitative estimate of drug-likeness (QED) is 0.0108. The van der Waals surface area contributed by atoms with Crippen LogP contribution in [0.2, 0.25) is 0 Å². The Bertz CT molecular complexity index is 4390. The molecule has 0 spiro atoms. The van der Waals surface area contributed by atoms with Gasteiger partial charge in [-0.1, -0.05) is 13.0 Å². The molecule has 39 heteroatoms. The first-order valence-electron chi connectivity index (χ1n) is 34.9. The number of amides is 2. The number of hydrogen-bond donors (Lipinski definition) is 4. The van der Waals surface area contributed by atoms with E-state index in [4.69, 9.17) is 37.1 Å². The van der Waals surface area contributed by atoms with Crippen LogP contribution in [0, 0.1) is 37.7 Å². The molecule has 4 aromatic carbocycles. The summed E-state index contributed by atoms with van der Waals surface area (Å²) in [5.74, 6) is 3.40. The SMILES string of the molecule is C1CCOC1.C1CCOC1.CCN(C(C)C)C(C)C.CN(C)C=O.CN1CCCC1=O.C[CH-]C.Cc1cc(C)c(S(C)(=O)=O)cc1N.Cl.Fc1ccc(-n2ncc3c(Br)cncc32)cc1.NNc1ccc(F)cc1.O=C(Cl)C(=O)Cl.O=C(O)c1cncc2c1cnn2-c1ccc(F)cc1.O=C=O.O=Cc1c(Br)cncc1Br.[2H]CF.[Cl-].[Mg+2]. The van der Waals surface area contributed by atoms with Gasteiger partial charge in [0.05, 0.1) is 66.2 Å². The van der Waals surface area contributed by atoms with Gasteiger partial charge >= 0.3 is 45.7 Å². The van der Waals surface area contributed by atoms with Crippen LogP contribution in [0.1, 0.15) is 120 Å². The van der Waals surface area contributed by atoms with Gasteiger partial charge in [0.25, 0.3) is 0 Å². The maximum Gasteiger partial charge on any atom is 2.00 e. The Balaban J connectivity index is -0.000000398. The fourth-order valence-corrected chi connectivity index (χ4v) is 11.6. The molecule has 26 nitrogen and oxygen atoms in total. The number of aromatic carboxylic acids is 1. The first kappa shape index (κ1) is 115. The minimum absolute atomic E-state index is 0. The van der Waals surface area contributed by atoms with Crippen molar-refractivity contribution in [1.82, 2.24) is 49.2 Å². The van der Waals surface area contributed by atoms with E-state index in [1.165, 1.54) is 103 Å². The minimum Gasteiger partial charge on any atom is -1.00 e. The van der Waals surface area contributed by atoms with Gasteiger partial charge in [-0.15, -0.1) is 12.4 Å². The number of hydrogen-bond acceptors (Lipinski definition) is 21. The number of halogens is 11. The van der Waals surface area contributed by atoms with E-state index in [0.29, 0.717) is 65.4 Å². The van der Waals surface area contributed by atoms with Crippen molar-refractivity contribution in [2.75, 3.05) is 85.2 Å². The zero-order chi connectivity index (χ0) is 87.1. The maximum absolute atomic E-state index is 12.9. The summed E-state index contributed by atoms with van der Waals surface area (Å²) in [6.45, 7) is 24.9. The molecule has 2 amide bonds. The summed E-state index contributed by atoms with van der Waals surface area (Å²) >= 11 is 18.8. The predicted octanol–water partition coefficient (Wildman–Crippen LogP) is 12.9. The number of sulfone groups is 1. The number of ether oxygens (including phenoxy) is 2. The van der Waals surface area contributed by atoms with E-state index in [1.54, 1.807) is 104 Å². The van der Waals surface area contributed by atoms with Crippen LogP contribution in [0.25, 0.3) is 33.2 Å². The molecule has 3 fully saturated rings. The van der Waals surface area contributed by atoms with Crippen molar-refractivity contribution >= 4 is 191 Å². The van der Waals surface area contributed by atoms with E-state index >= 15 is 0 Å². The molecule has 6 N–H and O–H groups in total. The molecule has 0 atom stereocenters. The number of nitrogens with zero attached hydrogens (tertiary/aromatic N) is 10. The van der Waals surface area contributed by atoms with Crippen LogP contribution < -0.4 is 29.4 Å². The number of alkyl halides is 1. The van der Waals surface area contributed by atoms with Gasteiger partial charge < -0.3 is 54.4 Å². The van der Waals surface area contributed by atoms with Gasteiger partial charge in [-0.3, -0.25) is 54.1 Å². The standard InChI is InChI=1S/C13H8FN3O2.C12H7BrFN3.C9H13NO2S.C8H19N.C6H3Br2NO.C6H7FN2.C5H9NO.2C4H8O.C3H7NO.C3H7.C2Cl2O2.CH3F.CO2.2ClH.Mg/c14-8-1-3-9(4-2-8)17-12-7-15-5-11(13(18)19)10(12)6-16-17;13-11-6-15-7-12-10(11)5-16-17(12)9-3-1-8(14)2-4-9;1-6-4-7(2)9(5-8(6)10)13(3,11)12;1-6-9(7(2)3)8(4)5;7-5-1-9-2-6(8)4(5)3-10;7-5-1-3-6(9-8)4-2-5;1-6-4-2-3-5(6)7;2*1-2-4-5-3-1;1-4(2)3-5;1-3-2;3-1(5)2(4)6;1-2;2-1-3;;;/h1-7H,(H,18,19);1-7H;4-5H,10H2,1-3H3;7-8H,6H2,1-5H3;1-3H;1-4,9H,8H2;2-4H2,1H3;2*1-4H2;3H,1-2H3;3H,1-2H3;;1H3;;2*1H;/q;;;;;;;;;;-1;;;;;;+2/p-1/i;;;;;;;;;;;;1D;;;;. The number of hydrazine groups is 1. The number of carboxylic acid groups (broad SMARTS) is 1. The molecule has 0 saturated carbocycles. The summed E-state index contributed by atoms with van der Waals surface area (Å²) in [7, 11) is 1.06. The molecule has 116 heavy (non-hydrogen) atoms. The number of nitrogens with one attached hydrogen (secondary N) is 1. The summed E-state index contributed by atoms with van der Waals surface area (Å²) in [5.41, 5.74) is 14.5. The number of likely N-dealkylation sites (tertiary alicyclic amines) is 1. The second kappa shape index (κ2) is 67.4. The fourth-order valence-electron chi connectivity index (χ4n) is 9.05. The van der Waals surface area contributed by atoms with E-state index in [1.807, 2.05) is 34.2 Å². The van der Waals surface area contributed by atoms with E-state index < -0.39 is 33.4 Å². The number of pyridine rings is 3. The number of nitrogens with two attached hydrogens (primary N) is 2. The molecule has 3 aliphatic rings. The van der Waals surface area contributed by atoms with Crippen molar-refractivity contribution < 1.29 is 92.7 Å². The fraction of sp³-hybridized carbons (Fsp3) is 0.364. The van der Waals surface area contributed by atoms with E-state index in [0.717, 1.165) is 97.2 Å². The number of aryl methyl sites for hydroxylation is 2. The van der Waals surface area contributed by atoms with E-state index in [-0.39, 0.29) is 77.0 Å². The maximum atomic E-state index is 12.9. The average molecular weight is 1930 g/mol. The summed E-state index contributed by atoms with van der Waals surface area (Å²) in [6.07, 6.45) is 24.5. The van der Waals surface area contributed by atoms with Crippen molar-refractivity contribution in [3.8, 4) is 11.4 Å². The number of benzene rings is 4. The molecule has 0 aliphatic carbocycles. The Morgan fingerprint density at radius 1 is 0.716 bits per heavy atom. The van der Waals surface area contributed by atoms with Crippen LogP contribution >= 0.6 is 83.4 Å². The second-order valence-corrected chi connectivity index (χ2v) is 29.2. The second-order valence-electron chi connectivity index (χ2n) is 23.9. The molecule has 5 aromatic heterocycles. The zero-order valence-corrected chi connectivity index (χ0v) is 76.6. The number of aldehydes is 1. The smallest absolute Gasteiger partial charge is 1.00 e. The van der Waals surface area contributed by atoms with Crippen LogP contribution in [0.3, 0.4) is 0 Å². The van der Waals surface area contributed by atoms with Crippen LogP contribution in [-0.4, -0.2) is 213 Å². The number of anilines is 2. The minimum atomic E-state index is -3.15. The largest absolute Gasteiger partial charge is 2.00 e. The number of rotatable bonds is 11. The van der Waals surface area contributed by atoms with Gasteiger partial charge in [0, 0.05) is 145 Å². The normalized spacial score (nSPS) is 11.6. The van der Waals surface area contributed by atoms with Crippen molar-refractivity contribution in [3.63, 3.8) is 0 Å². The molecule has 0 radical (unpaired) electrons. The van der Waals surface area contributed by atoms with Crippen molar-refractivity contribution in [2.45, 2.75) is 118 Å². The zero-order valence-electron chi connectivity index (χ0n) is 67.6. The molecule has 3 saturated heterocycles. The van der Waals surface area contributed by atoms with Crippen LogP contribution in [0.15, 0.2) is 153 Å². The third kappa shape index (κ3) is 48.4. The molecule has 9 aromatic rings. The van der Waals surface area contributed by atoms with Gasteiger partial charge in [-0.25, -0.2) is 35.7 Å². The number of carboxylic acids is 1. The molecule has 636 valence electrons. The van der Waals surface area contributed by atoms with E-state index in [2.05, 4.69) is 141 Å². The molecule has 0 unspecified atom stereocenters. The summed E-state index contributed by atoms with van der Waals surface area (Å²) < 4.78 is 91.4. The first-order valence-corrected chi connectivity index (χ1v) is 39.2. The average Bonchev–Trinajstić information content (AvgIpc) is 1.67. The molecular weight excluding hydrogens is 1830 g/mol. The van der Waals surface area contributed by atoms with Crippen LogP contribution in [-0.2, 0) is 48.1 Å². The summed E-state index contributed by atoms with van der Waals surface area (Å²) in [4.78, 5) is 94.3.